The Hall–Kier alpha value is -2.14. The Labute approximate surface area is 127 Å². The van der Waals surface area contributed by atoms with Crippen molar-refractivity contribution in [3.63, 3.8) is 0 Å². The Morgan fingerprint density at radius 3 is 2.67 bits per heavy atom. The van der Waals surface area contributed by atoms with Crippen molar-refractivity contribution in [1.29, 1.82) is 0 Å². The lowest BCUT2D eigenvalue weighted by Gasteiger charge is -2.04. The molecule has 0 saturated heterocycles. The van der Waals surface area contributed by atoms with Crippen molar-refractivity contribution in [2.24, 2.45) is 0 Å². The monoisotopic (exact) mass is 305 g/mol. The average molecular weight is 306 g/mol. The fraction of sp³-hybridized carbons (Fsp3) is 0.267. The SMILES string of the molecule is CCCNC(=O)Cc1cnc(-c2ccc(Cl)cc2)[nH]c1=O. The van der Waals surface area contributed by atoms with E-state index in [9.17, 15) is 9.59 Å². The highest BCUT2D eigenvalue weighted by Crippen LogP contribution is 2.16. The zero-order chi connectivity index (χ0) is 15.2. The standard InChI is InChI=1S/C15H16ClN3O2/c1-2-7-17-13(20)8-11-9-18-14(19-15(11)21)10-3-5-12(16)6-4-10/h3-6,9H,2,7-8H2,1H3,(H,17,20)(H,18,19,21). The van der Waals surface area contributed by atoms with Gasteiger partial charge >= 0.3 is 0 Å². The van der Waals surface area contributed by atoms with Crippen LogP contribution in [0.3, 0.4) is 0 Å². The first kappa shape index (κ1) is 15.3. The number of rotatable bonds is 5. The number of nitrogens with one attached hydrogen (secondary N) is 2. The lowest BCUT2D eigenvalue weighted by atomic mass is 10.2. The van der Waals surface area contributed by atoms with Crippen LogP contribution < -0.4 is 10.9 Å². The second-order valence-electron chi connectivity index (χ2n) is 4.62. The summed E-state index contributed by atoms with van der Waals surface area (Å²) in [5.74, 6) is 0.276. The molecule has 0 bridgehead atoms. The Kier molecular flexibility index (Phi) is 5.11. The van der Waals surface area contributed by atoms with Gasteiger partial charge in [0.2, 0.25) is 5.91 Å². The molecule has 0 aliphatic rings. The maximum absolute atomic E-state index is 12.0. The molecule has 21 heavy (non-hydrogen) atoms. The van der Waals surface area contributed by atoms with Gasteiger partial charge < -0.3 is 10.3 Å². The molecule has 2 aromatic rings. The summed E-state index contributed by atoms with van der Waals surface area (Å²) in [6.45, 7) is 2.57. The van der Waals surface area contributed by atoms with Gasteiger partial charge in [-0.15, -0.1) is 0 Å². The van der Waals surface area contributed by atoms with E-state index in [0.29, 0.717) is 23.0 Å². The topological polar surface area (TPSA) is 74.8 Å². The van der Waals surface area contributed by atoms with Gasteiger partial charge in [0, 0.05) is 28.9 Å². The maximum Gasteiger partial charge on any atom is 0.254 e. The van der Waals surface area contributed by atoms with E-state index in [4.69, 9.17) is 11.6 Å². The van der Waals surface area contributed by atoms with Gasteiger partial charge in [-0.3, -0.25) is 9.59 Å². The van der Waals surface area contributed by atoms with E-state index in [1.807, 2.05) is 6.92 Å². The van der Waals surface area contributed by atoms with Gasteiger partial charge in [-0.25, -0.2) is 4.98 Å². The first-order valence-corrected chi connectivity index (χ1v) is 7.08. The highest BCUT2D eigenvalue weighted by Gasteiger charge is 2.09. The molecule has 6 heteroatoms. The third kappa shape index (κ3) is 4.16. The maximum atomic E-state index is 12.0. The van der Waals surface area contributed by atoms with E-state index in [-0.39, 0.29) is 17.9 Å². The second kappa shape index (κ2) is 7.04. The lowest BCUT2D eigenvalue weighted by Crippen LogP contribution is -2.28. The first-order chi connectivity index (χ1) is 10.1. The van der Waals surface area contributed by atoms with Crippen molar-refractivity contribution in [2.75, 3.05) is 6.54 Å². The summed E-state index contributed by atoms with van der Waals surface area (Å²) >= 11 is 5.82. The predicted molar refractivity (Wildman–Crippen MR) is 82.3 cm³/mol. The molecule has 0 aliphatic heterocycles. The Morgan fingerprint density at radius 1 is 1.33 bits per heavy atom. The molecular formula is C15H16ClN3O2. The predicted octanol–water partition coefficient (Wildman–Crippen LogP) is 2.16. The third-order valence-corrected chi connectivity index (χ3v) is 3.17. The number of aromatic amines is 1. The van der Waals surface area contributed by atoms with Crippen LogP contribution in [-0.2, 0) is 11.2 Å². The van der Waals surface area contributed by atoms with E-state index >= 15 is 0 Å². The van der Waals surface area contributed by atoms with Crippen molar-refractivity contribution >= 4 is 17.5 Å². The summed E-state index contributed by atoms with van der Waals surface area (Å²) in [4.78, 5) is 30.5. The van der Waals surface area contributed by atoms with Gasteiger partial charge in [0.05, 0.1) is 6.42 Å². The van der Waals surface area contributed by atoms with Gasteiger partial charge in [0.25, 0.3) is 5.56 Å². The minimum atomic E-state index is -0.304. The number of hydrogen-bond donors (Lipinski definition) is 2. The molecule has 0 aliphatic carbocycles. The zero-order valence-electron chi connectivity index (χ0n) is 11.6. The fourth-order valence-corrected chi connectivity index (χ4v) is 1.93. The molecule has 0 spiro atoms. The normalized spacial score (nSPS) is 10.4. The van der Waals surface area contributed by atoms with Gasteiger partial charge in [0.1, 0.15) is 5.82 Å². The smallest absolute Gasteiger partial charge is 0.254 e. The van der Waals surface area contributed by atoms with Crippen LogP contribution in [-0.4, -0.2) is 22.4 Å². The Balaban J connectivity index is 2.16. The summed E-state index contributed by atoms with van der Waals surface area (Å²) in [6.07, 6.45) is 2.33. The summed E-state index contributed by atoms with van der Waals surface area (Å²) in [5, 5.41) is 3.34. The molecule has 5 nitrogen and oxygen atoms in total. The highest BCUT2D eigenvalue weighted by molar-refractivity contribution is 6.30. The number of benzene rings is 1. The molecule has 0 saturated carbocycles. The average Bonchev–Trinajstić information content (AvgIpc) is 2.48. The fourth-order valence-electron chi connectivity index (χ4n) is 1.80. The summed E-state index contributed by atoms with van der Waals surface area (Å²) in [6, 6.07) is 6.99. The molecule has 0 radical (unpaired) electrons. The summed E-state index contributed by atoms with van der Waals surface area (Å²) in [7, 11) is 0. The molecule has 2 N–H and O–H groups in total. The molecule has 0 atom stereocenters. The summed E-state index contributed by atoms with van der Waals surface area (Å²) in [5.41, 5.74) is 0.807. The number of aromatic nitrogens is 2. The van der Waals surface area contributed by atoms with Crippen LogP contribution in [0.5, 0.6) is 0 Å². The zero-order valence-corrected chi connectivity index (χ0v) is 12.4. The Bertz CT molecular complexity index is 680. The van der Waals surface area contributed by atoms with E-state index in [1.165, 1.54) is 6.20 Å². The number of carbonyl (C=O) groups excluding carboxylic acids is 1. The highest BCUT2D eigenvalue weighted by atomic mass is 35.5. The molecule has 1 heterocycles. The molecule has 0 unspecified atom stereocenters. The van der Waals surface area contributed by atoms with Crippen LogP contribution in [0.15, 0.2) is 35.3 Å². The van der Waals surface area contributed by atoms with Crippen molar-refractivity contribution in [3.8, 4) is 11.4 Å². The van der Waals surface area contributed by atoms with E-state index in [2.05, 4.69) is 15.3 Å². The van der Waals surface area contributed by atoms with Gasteiger partial charge in [-0.05, 0) is 30.7 Å². The number of H-pyrrole nitrogens is 1. The van der Waals surface area contributed by atoms with Crippen molar-refractivity contribution < 1.29 is 4.79 Å². The van der Waals surface area contributed by atoms with E-state index < -0.39 is 0 Å². The minimum Gasteiger partial charge on any atom is -0.356 e. The summed E-state index contributed by atoms with van der Waals surface area (Å²) < 4.78 is 0. The van der Waals surface area contributed by atoms with E-state index in [1.54, 1.807) is 24.3 Å². The van der Waals surface area contributed by atoms with Gasteiger partial charge in [-0.1, -0.05) is 18.5 Å². The molecule has 1 amide bonds. The minimum absolute atomic E-state index is 0.0310. The lowest BCUT2D eigenvalue weighted by molar-refractivity contribution is -0.120. The first-order valence-electron chi connectivity index (χ1n) is 6.71. The number of nitrogens with zero attached hydrogens (tertiary/aromatic N) is 1. The molecule has 0 fully saturated rings. The second-order valence-corrected chi connectivity index (χ2v) is 5.06. The van der Waals surface area contributed by atoms with Crippen LogP contribution >= 0.6 is 11.6 Å². The largest absolute Gasteiger partial charge is 0.356 e. The molecule has 2 rings (SSSR count). The molecule has 1 aromatic heterocycles. The van der Waals surface area contributed by atoms with Crippen LogP contribution in [0.1, 0.15) is 18.9 Å². The van der Waals surface area contributed by atoms with Crippen LogP contribution in [0, 0.1) is 0 Å². The van der Waals surface area contributed by atoms with Crippen molar-refractivity contribution in [3.05, 3.63) is 51.4 Å². The molecular weight excluding hydrogens is 290 g/mol. The molecule has 1 aromatic carbocycles. The number of hydrogen-bond acceptors (Lipinski definition) is 3. The van der Waals surface area contributed by atoms with Crippen LogP contribution in [0.25, 0.3) is 11.4 Å². The third-order valence-electron chi connectivity index (χ3n) is 2.91. The van der Waals surface area contributed by atoms with Crippen molar-refractivity contribution in [1.82, 2.24) is 15.3 Å². The van der Waals surface area contributed by atoms with Crippen LogP contribution in [0.4, 0.5) is 0 Å². The van der Waals surface area contributed by atoms with E-state index in [0.717, 1.165) is 12.0 Å². The Morgan fingerprint density at radius 2 is 2.05 bits per heavy atom. The van der Waals surface area contributed by atoms with Gasteiger partial charge in [-0.2, -0.15) is 0 Å². The quantitative estimate of drug-likeness (QED) is 0.889. The number of amides is 1. The molecule has 110 valence electrons. The van der Waals surface area contributed by atoms with Gasteiger partial charge in [0.15, 0.2) is 0 Å². The van der Waals surface area contributed by atoms with Crippen molar-refractivity contribution in [2.45, 2.75) is 19.8 Å². The number of halogens is 1. The number of carbonyl (C=O) groups is 1. The van der Waals surface area contributed by atoms with Crippen LogP contribution in [0.2, 0.25) is 5.02 Å².